The molecule has 0 spiro atoms. The molecule has 26 heavy (non-hydrogen) atoms. The number of piperidine rings is 1. The van der Waals surface area contributed by atoms with Crippen molar-refractivity contribution in [3.05, 3.63) is 23.2 Å². The molecular weight excluding hydrogens is 382 g/mol. The van der Waals surface area contributed by atoms with E-state index in [1.165, 1.54) is 6.92 Å². The van der Waals surface area contributed by atoms with Crippen molar-refractivity contribution in [2.75, 3.05) is 31.3 Å². The van der Waals surface area contributed by atoms with E-state index in [1.807, 2.05) is 0 Å². The van der Waals surface area contributed by atoms with Crippen molar-refractivity contribution in [2.24, 2.45) is 0 Å². The van der Waals surface area contributed by atoms with Crippen molar-refractivity contribution in [1.29, 1.82) is 0 Å². The molecule has 2 N–H and O–H groups in total. The molecule has 0 aliphatic carbocycles. The first-order chi connectivity index (χ1) is 12.1. The number of benzene rings is 1. The number of rotatable bonds is 6. The highest BCUT2D eigenvalue weighted by Gasteiger charge is 2.25. The molecule has 0 aromatic heterocycles. The fraction of sp³-hybridized carbons (Fsp3) is 0.500. The van der Waals surface area contributed by atoms with Crippen molar-refractivity contribution in [1.82, 2.24) is 9.62 Å². The number of hydrogen-bond donors (Lipinski definition) is 2. The Morgan fingerprint density at radius 2 is 1.96 bits per heavy atom. The number of nitrogens with one attached hydrogen (secondary N) is 2. The van der Waals surface area contributed by atoms with E-state index < -0.39 is 10.0 Å². The zero-order valence-corrected chi connectivity index (χ0v) is 16.2. The van der Waals surface area contributed by atoms with E-state index in [1.54, 1.807) is 23.1 Å². The van der Waals surface area contributed by atoms with Gasteiger partial charge >= 0.3 is 0 Å². The lowest BCUT2D eigenvalue weighted by Gasteiger charge is -2.32. The van der Waals surface area contributed by atoms with Gasteiger partial charge in [-0.25, -0.2) is 13.1 Å². The molecule has 8 nitrogen and oxygen atoms in total. The molecule has 144 valence electrons. The summed E-state index contributed by atoms with van der Waals surface area (Å²) in [7, 11) is -3.25. The van der Waals surface area contributed by atoms with Gasteiger partial charge in [0.1, 0.15) is 5.75 Å². The van der Waals surface area contributed by atoms with Crippen LogP contribution in [0.15, 0.2) is 18.2 Å². The molecule has 1 fully saturated rings. The quantitative estimate of drug-likeness (QED) is 0.743. The van der Waals surface area contributed by atoms with Gasteiger partial charge in [-0.3, -0.25) is 9.59 Å². The molecule has 0 saturated carbocycles. The lowest BCUT2D eigenvalue weighted by atomic mass is 10.1. The van der Waals surface area contributed by atoms with Gasteiger partial charge in [0, 0.05) is 31.1 Å². The number of carbonyl (C=O) groups excluding carboxylic acids is 2. The smallest absolute Gasteiger partial charge is 0.260 e. The van der Waals surface area contributed by atoms with Gasteiger partial charge in [0.05, 0.1) is 11.9 Å². The van der Waals surface area contributed by atoms with Gasteiger partial charge in [0.2, 0.25) is 15.9 Å². The molecule has 0 atom stereocenters. The van der Waals surface area contributed by atoms with Crippen LogP contribution in [-0.2, 0) is 19.6 Å². The minimum atomic E-state index is -3.25. The highest BCUT2D eigenvalue weighted by atomic mass is 35.5. The number of anilines is 1. The van der Waals surface area contributed by atoms with Gasteiger partial charge in [-0.15, -0.1) is 0 Å². The third-order valence-electron chi connectivity index (χ3n) is 3.83. The van der Waals surface area contributed by atoms with Crippen molar-refractivity contribution in [2.45, 2.75) is 25.8 Å². The maximum absolute atomic E-state index is 12.3. The summed E-state index contributed by atoms with van der Waals surface area (Å²) < 4.78 is 30.6. The lowest BCUT2D eigenvalue weighted by molar-refractivity contribution is -0.134. The van der Waals surface area contributed by atoms with E-state index >= 15 is 0 Å². The second-order valence-corrected chi connectivity index (χ2v) is 8.37. The molecule has 0 bridgehead atoms. The van der Waals surface area contributed by atoms with E-state index in [-0.39, 0.29) is 24.5 Å². The molecule has 0 radical (unpaired) electrons. The third-order valence-corrected chi connectivity index (χ3v) is 4.83. The summed E-state index contributed by atoms with van der Waals surface area (Å²) in [6, 6.07) is 4.58. The standard InChI is InChI=1S/C16H22ClN3O5S/c1-11(21)18-14-9-12(17)3-4-15(14)25-10-16(22)20-7-5-13(6-8-20)19-26(2,23)24/h3-4,9,13,19H,5-8,10H2,1-2H3,(H,18,21). The molecule has 1 aromatic carbocycles. The summed E-state index contributed by atoms with van der Waals surface area (Å²) in [5.41, 5.74) is 0.397. The molecule has 1 aliphatic heterocycles. The number of hydrogen-bond acceptors (Lipinski definition) is 5. The minimum absolute atomic E-state index is 0.155. The summed E-state index contributed by atoms with van der Waals surface area (Å²) >= 11 is 5.91. The molecule has 2 rings (SSSR count). The Morgan fingerprint density at radius 3 is 2.54 bits per heavy atom. The average molecular weight is 404 g/mol. The van der Waals surface area contributed by atoms with Crippen LogP contribution >= 0.6 is 11.6 Å². The molecule has 1 aromatic rings. The van der Waals surface area contributed by atoms with Gasteiger partial charge in [-0.1, -0.05) is 11.6 Å². The monoisotopic (exact) mass is 403 g/mol. The number of likely N-dealkylation sites (tertiary alicyclic amines) is 1. The van der Waals surface area contributed by atoms with E-state index in [2.05, 4.69) is 10.0 Å². The predicted octanol–water partition coefficient (Wildman–Crippen LogP) is 1.22. The molecule has 2 amide bonds. The van der Waals surface area contributed by atoms with Crippen molar-refractivity contribution in [3.63, 3.8) is 0 Å². The number of sulfonamides is 1. The lowest BCUT2D eigenvalue weighted by Crippen LogP contribution is -2.47. The molecule has 1 aliphatic rings. The van der Waals surface area contributed by atoms with Crippen LogP contribution in [0.25, 0.3) is 0 Å². The predicted molar refractivity (Wildman–Crippen MR) is 98.8 cm³/mol. The number of halogens is 1. The number of nitrogens with zero attached hydrogens (tertiary/aromatic N) is 1. The molecule has 0 unspecified atom stereocenters. The van der Waals surface area contributed by atoms with E-state index in [0.29, 0.717) is 42.4 Å². The maximum atomic E-state index is 12.3. The largest absolute Gasteiger partial charge is 0.482 e. The van der Waals surface area contributed by atoms with E-state index in [9.17, 15) is 18.0 Å². The zero-order valence-electron chi connectivity index (χ0n) is 14.6. The zero-order chi connectivity index (χ0) is 19.3. The van der Waals surface area contributed by atoms with Gasteiger partial charge < -0.3 is 15.0 Å². The van der Waals surface area contributed by atoms with Gasteiger partial charge in [0.25, 0.3) is 5.91 Å². The van der Waals surface area contributed by atoms with Crippen LogP contribution in [0.5, 0.6) is 5.75 Å². The SMILES string of the molecule is CC(=O)Nc1cc(Cl)ccc1OCC(=O)N1CCC(NS(C)(=O)=O)CC1. The Hall–Kier alpha value is -1.84. The van der Waals surface area contributed by atoms with Gasteiger partial charge in [-0.05, 0) is 31.0 Å². The first-order valence-electron chi connectivity index (χ1n) is 8.09. The first kappa shape index (κ1) is 20.5. The fourth-order valence-corrected chi connectivity index (χ4v) is 3.71. The van der Waals surface area contributed by atoms with Crippen molar-refractivity contribution < 1.29 is 22.7 Å². The summed E-state index contributed by atoms with van der Waals surface area (Å²) in [4.78, 5) is 25.2. The highest BCUT2D eigenvalue weighted by molar-refractivity contribution is 7.88. The Balaban J connectivity index is 1.89. The van der Waals surface area contributed by atoms with Crippen molar-refractivity contribution in [3.8, 4) is 5.75 Å². The maximum Gasteiger partial charge on any atom is 0.260 e. The van der Waals surface area contributed by atoms with E-state index in [0.717, 1.165) is 6.26 Å². The fourth-order valence-electron chi connectivity index (χ4n) is 2.70. The topological polar surface area (TPSA) is 105 Å². The normalized spacial score (nSPS) is 15.6. The molecular formula is C16H22ClN3O5S. The number of carbonyl (C=O) groups is 2. The second kappa shape index (κ2) is 8.70. The van der Waals surface area contributed by atoms with Gasteiger partial charge in [0.15, 0.2) is 6.61 Å². The average Bonchev–Trinajstić information content (AvgIpc) is 2.52. The summed E-state index contributed by atoms with van der Waals surface area (Å²) in [5, 5.41) is 3.04. The first-order valence-corrected chi connectivity index (χ1v) is 10.4. The number of ether oxygens (including phenoxy) is 1. The van der Waals surface area contributed by atoms with Crippen LogP contribution in [0, 0.1) is 0 Å². The Bertz CT molecular complexity index is 776. The van der Waals surface area contributed by atoms with Crippen LogP contribution in [0.3, 0.4) is 0 Å². The summed E-state index contributed by atoms with van der Waals surface area (Å²) in [6.45, 7) is 2.09. The van der Waals surface area contributed by atoms with Crippen molar-refractivity contribution >= 4 is 39.1 Å². The van der Waals surface area contributed by atoms with Gasteiger partial charge in [-0.2, -0.15) is 0 Å². The molecule has 10 heteroatoms. The van der Waals surface area contributed by atoms with Crippen LogP contribution in [0.1, 0.15) is 19.8 Å². The minimum Gasteiger partial charge on any atom is -0.482 e. The van der Waals surface area contributed by atoms with Crippen LogP contribution in [0.4, 0.5) is 5.69 Å². The highest BCUT2D eigenvalue weighted by Crippen LogP contribution is 2.28. The Morgan fingerprint density at radius 1 is 1.31 bits per heavy atom. The van der Waals surface area contributed by atoms with E-state index in [4.69, 9.17) is 16.3 Å². The molecule has 1 saturated heterocycles. The van der Waals surface area contributed by atoms with Crippen LogP contribution in [-0.4, -0.2) is 57.1 Å². The van der Waals surface area contributed by atoms with Crippen LogP contribution in [0.2, 0.25) is 5.02 Å². The second-order valence-electron chi connectivity index (χ2n) is 6.16. The Kier molecular flexibility index (Phi) is 6.85. The van der Waals surface area contributed by atoms with Crippen LogP contribution < -0.4 is 14.8 Å². The number of amides is 2. The summed E-state index contributed by atoms with van der Waals surface area (Å²) in [5.74, 6) is -0.123. The summed E-state index contributed by atoms with van der Waals surface area (Å²) in [6.07, 6.45) is 2.23. The third kappa shape index (κ3) is 6.47. The Labute approximate surface area is 157 Å². The molecule has 1 heterocycles.